The van der Waals surface area contributed by atoms with Crippen molar-refractivity contribution in [3.63, 3.8) is 0 Å². The average Bonchev–Trinajstić information content (AvgIpc) is 3.28. The van der Waals surface area contributed by atoms with Crippen molar-refractivity contribution in [3.8, 4) is 0 Å². The molecule has 0 amide bonds. The van der Waals surface area contributed by atoms with Gasteiger partial charge < -0.3 is 20.3 Å². The largest absolute Gasteiger partial charge is 0.379 e. The molecule has 0 bridgehead atoms. The van der Waals surface area contributed by atoms with Gasteiger partial charge in [0.05, 0.1) is 19.8 Å². The number of ether oxygens (including phenoxy) is 1. The lowest BCUT2D eigenvalue weighted by Crippen LogP contribution is -2.44. The quantitative estimate of drug-likeness (QED) is 0.532. The van der Waals surface area contributed by atoms with Crippen molar-refractivity contribution >= 4 is 11.6 Å². The van der Waals surface area contributed by atoms with E-state index in [9.17, 15) is 0 Å². The Morgan fingerprint density at radius 3 is 2.48 bits per heavy atom. The highest BCUT2D eigenvalue weighted by Gasteiger charge is 2.23. The van der Waals surface area contributed by atoms with Crippen molar-refractivity contribution in [2.75, 3.05) is 50.8 Å². The number of nitrogens with zero attached hydrogens (tertiary/aromatic N) is 3. The lowest BCUT2D eigenvalue weighted by molar-refractivity contribution is 0.0342. The van der Waals surface area contributed by atoms with Crippen molar-refractivity contribution < 1.29 is 4.74 Å². The normalized spacial score (nSPS) is 20.1. The summed E-state index contributed by atoms with van der Waals surface area (Å²) in [5.41, 5.74) is 3.89. The second kappa shape index (κ2) is 11.2. The molecular weight excluding hydrogens is 386 g/mol. The molecule has 2 N–H and O–H groups in total. The van der Waals surface area contributed by atoms with Gasteiger partial charge in [-0.15, -0.1) is 0 Å². The molecule has 1 atom stereocenters. The Balaban J connectivity index is 1.29. The summed E-state index contributed by atoms with van der Waals surface area (Å²) in [5, 5.41) is 7.03. The fraction of sp³-hybridized carbons (Fsp3) is 0.480. The zero-order chi connectivity index (χ0) is 21.3. The number of nitrogens with one attached hydrogen (secondary N) is 2. The third kappa shape index (κ3) is 6.45. The van der Waals surface area contributed by atoms with Crippen molar-refractivity contribution in [1.29, 1.82) is 0 Å². The molecular formula is C25H35N5O. The van der Waals surface area contributed by atoms with E-state index < -0.39 is 0 Å². The van der Waals surface area contributed by atoms with E-state index in [1.54, 1.807) is 0 Å². The number of anilines is 1. The summed E-state index contributed by atoms with van der Waals surface area (Å²) >= 11 is 0. The predicted octanol–water partition coefficient (Wildman–Crippen LogP) is 2.85. The van der Waals surface area contributed by atoms with Gasteiger partial charge in [-0.2, -0.15) is 0 Å². The van der Waals surface area contributed by atoms with Crippen LogP contribution >= 0.6 is 0 Å². The van der Waals surface area contributed by atoms with Crippen LogP contribution in [0.5, 0.6) is 0 Å². The molecule has 0 saturated carbocycles. The van der Waals surface area contributed by atoms with Crippen LogP contribution in [0, 0.1) is 0 Å². The van der Waals surface area contributed by atoms with Crippen molar-refractivity contribution in [2.24, 2.45) is 4.99 Å². The molecule has 0 aliphatic carbocycles. The Bertz CT molecular complexity index is 818. The highest BCUT2D eigenvalue weighted by molar-refractivity contribution is 5.80. The lowest BCUT2D eigenvalue weighted by Gasteiger charge is -2.26. The van der Waals surface area contributed by atoms with Gasteiger partial charge in [0.1, 0.15) is 0 Å². The van der Waals surface area contributed by atoms with Gasteiger partial charge in [0.15, 0.2) is 5.96 Å². The molecule has 0 radical (unpaired) electrons. The monoisotopic (exact) mass is 421 g/mol. The average molecular weight is 422 g/mol. The van der Waals surface area contributed by atoms with Crippen LogP contribution in [0.25, 0.3) is 0 Å². The Hall–Kier alpha value is -2.57. The molecule has 166 valence electrons. The van der Waals surface area contributed by atoms with Crippen molar-refractivity contribution in [2.45, 2.75) is 32.5 Å². The number of guanidine groups is 1. The summed E-state index contributed by atoms with van der Waals surface area (Å²) in [6.07, 6.45) is 1.12. The minimum absolute atomic E-state index is 0.411. The second-order valence-corrected chi connectivity index (χ2v) is 8.31. The van der Waals surface area contributed by atoms with E-state index >= 15 is 0 Å². The fourth-order valence-corrected chi connectivity index (χ4v) is 4.20. The molecule has 4 rings (SSSR count). The van der Waals surface area contributed by atoms with Crippen LogP contribution in [0.3, 0.4) is 0 Å². The van der Waals surface area contributed by atoms with Crippen LogP contribution in [0.4, 0.5) is 5.69 Å². The minimum atomic E-state index is 0.411. The highest BCUT2D eigenvalue weighted by Crippen LogP contribution is 2.19. The van der Waals surface area contributed by atoms with Crippen LogP contribution in [0.1, 0.15) is 24.5 Å². The third-order valence-electron chi connectivity index (χ3n) is 5.95. The molecule has 2 aliphatic rings. The first-order valence-corrected chi connectivity index (χ1v) is 11.5. The molecule has 0 spiro atoms. The molecule has 2 saturated heterocycles. The van der Waals surface area contributed by atoms with E-state index in [0.29, 0.717) is 12.6 Å². The minimum Gasteiger partial charge on any atom is -0.379 e. The predicted molar refractivity (Wildman–Crippen MR) is 128 cm³/mol. The van der Waals surface area contributed by atoms with Gasteiger partial charge in [-0.25, -0.2) is 4.99 Å². The molecule has 1 unspecified atom stereocenters. The van der Waals surface area contributed by atoms with Gasteiger partial charge in [-0.3, -0.25) is 4.90 Å². The maximum Gasteiger partial charge on any atom is 0.191 e. The SMILES string of the molecule is CCNC(=NCc1ccc(CN2CCOCC2)cc1)NC1CCN(c2ccccc2)C1. The fourth-order valence-electron chi connectivity index (χ4n) is 4.20. The molecule has 31 heavy (non-hydrogen) atoms. The first-order valence-electron chi connectivity index (χ1n) is 11.5. The maximum absolute atomic E-state index is 5.44. The zero-order valence-electron chi connectivity index (χ0n) is 18.6. The smallest absolute Gasteiger partial charge is 0.191 e. The topological polar surface area (TPSA) is 52.1 Å². The van der Waals surface area contributed by atoms with Crippen LogP contribution in [-0.4, -0.2) is 62.8 Å². The molecule has 2 heterocycles. The van der Waals surface area contributed by atoms with Crippen molar-refractivity contribution in [1.82, 2.24) is 15.5 Å². The Morgan fingerprint density at radius 1 is 1.00 bits per heavy atom. The first-order chi connectivity index (χ1) is 15.3. The molecule has 2 aliphatic heterocycles. The first kappa shape index (κ1) is 21.7. The second-order valence-electron chi connectivity index (χ2n) is 8.31. The van der Waals surface area contributed by atoms with Gasteiger partial charge in [-0.1, -0.05) is 42.5 Å². The van der Waals surface area contributed by atoms with E-state index in [0.717, 1.165) is 64.9 Å². The molecule has 2 fully saturated rings. The Morgan fingerprint density at radius 2 is 1.74 bits per heavy atom. The van der Waals surface area contributed by atoms with Gasteiger partial charge >= 0.3 is 0 Å². The van der Waals surface area contributed by atoms with Crippen LogP contribution < -0.4 is 15.5 Å². The number of hydrogen-bond donors (Lipinski definition) is 2. The van der Waals surface area contributed by atoms with Gasteiger partial charge in [0, 0.05) is 51.0 Å². The molecule has 0 aromatic heterocycles. The summed E-state index contributed by atoms with van der Waals surface area (Å²) in [7, 11) is 0. The van der Waals surface area contributed by atoms with Gasteiger partial charge in [0.25, 0.3) is 0 Å². The number of rotatable bonds is 7. The number of benzene rings is 2. The standard InChI is InChI=1S/C25H35N5O/c1-2-26-25(28-23-12-13-30(20-23)24-6-4-3-5-7-24)27-18-21-8-10-22(11-9-21)19-29-14-16-31-17-15-29/h3-11,23H,2,12-20H2,1H3,(H2,26,27,28). The van der Waals surface area contributed by atoms with Crippen LogP contribution in [0.2, 0.25) is 0 Å². The summed E-state index contributed by atoms with van der Waals surface area (Å²) < 4.78 is 5.44. The molecule has 6 heteroatoms. The molecule has 2 aromatic rings. The molecule has 2 aromatic carbocycles. The summed E-state index contributed by atoms with van der Waals surface area (Å²) in [5.74, 6) is 0.903. The maximum atomic E-state index is 5.44. The number of aliphatic imine (C=N–C) groups is 1. The zero-order valence-corrected chi connectivity index (χ0v) is 18.6. The van der Waals surface area contributed by atoms with E-state index in [-0.39, 0.29) is 0 Å². The molecule has 6 nitrogen and oxygen atoms in total. The summed E-state index contributed by atoms with van der Waals surface area (Å²) in [6.45, 7) is 10.5. The lowest BCUT2D eigenvalue weighted by atomic mass is 10.1. The van der Waals surface area contributed by atoms with Gasteiger partial charge in [0.2, 0.25) is 0 Å². The van der Waals surface area contributed by atoms with Crippen LogP contribution in [-0.2, 0) is 17.8 Å². The van der Waals surface area contributed by atoms with E-state index in [1.807, 2.05) is 0 Å². The number of para-hydroxylation sites is 1. The van der Waals surface area contributed by atoms with E-state index in [4.69, 9.17) is 9.73 Å². The van der Waals surface area contributed by atoms with E-state index in [1.165, 1.54) is 16.8 Å². The van der Waals surface area contributed by atoms with E-state index in [2.05, 4.69) is 82.0 Å². The Labute approximate surface area is 186 Å². The summed E-state index contributed by atoms with van der Waals surface area (Å²) in [6, 6.07) is 19.9. The highest BCUT2D eigenvalue weighted by atomic mass is 16.5. The third-order valence-corrected chi connectivity index (χ3v) is 5.95. The number of hydrogen-bond acceptors (Lipinski definition) is 4. The summed E-state index contributed by atoms with van der Waals surface area (Å²) in [4.78, 5) is 9.73. The number of morpholine rings is 1. The van der Waals surface area contributed by atoms with Crippen molar-refractivity contribution in [3.05, 3.63) is 65.7 Å². The van der Waals surface area contributed by atoms with Gasteiger partial charge in [-0.05, 0) is 36.6 Å². The van der Waals surface area contributed by atoms with Crippen LogP contribution in [0.15, 0.2) is 59.6 Å². The Kier molecular flexibility index (Phi) is 7.80.